The molecular formula is C33H29ClF2N4O4. The van der Waals surface area contributed by atoms with E-state index in [1.807, 2.05) is 24.8 Å². The van der Waals surface area contributed by atoms with E-state index in [9.17, 15) is 20.0 Å². The maximum Gasteiger partial charge on any atom is 0.326 e. The van der Waals surface area contributed by atoms with Crippen LogP contribution in [-0.2, 0) is 16.0 Å². The maximum absolute atomic E-state index is 15.3. The Hall–Kier alpha value is -4.59. The second kappa shape index (κ2) is 13.0. The van der Waals surface area contributed by atoms with Crippen LogP contribution in [-0.4, -0.2) is 53.8 Å². The molecule has 0 radical (unpaired) electrons. The zero-order valence-corrected chi connectivity index (χ0v) is 24.7. The van der Waals surface area contributed by atoms with Crippen molar-refractivity contribution in [3.8, 4) is 17.2 Å². The standard InChI is InChI=1S/C33H29ClF2N4O4/c1-18(2)29-17-44-11-10-40(29)21-14-26(35)30(27(36)15-21)32(41)39-28(33(42)43)13-20-6-8-24(31-22(20)4-3-9-38-31)23-7-5-19(16-37)12-25(23)34/h3-9,12,14-15,18,28-29H,10-11,13,17H2,1-2H3,(H,39,41)(H,42,43)/t28-,29+/m0/s1. The third kappa shape index (κ3) is 6.20. The molecule has 1 fully saturated rings. The lowest BCUT2D eigenvalue weighted by Crippen LogP contribution is -2.48. The molecule has 11 heteroatoms. The molecule has 0 unspecified atom stereocenters. The maximum atomic E-state index is 15.3. The molecular weight excluding hydrogens is 590 g/mol. The number of aromatic nitrogens is 1. The first-order chi connectivity index (χ1) is 21.1. The number of amides is 1. The zero-order chi connectivity index (χ0) is 31.5. The van der Waals surface area contributed by atoms with Gasteiger partial charge in [0.1, 0.15) is 23.2 Å². The fourth-order valence-electron chi connectivity index (χ4n) is 5.52. The van der Waals surface area contributed by atoms with Gasteiger partial charge < -0.3 is 20.1 Å². The van der Waals surface area contributed by atoms with Gasteiger partial charge in [-0.25, -0.2) is 13.6 Å². The molecule has 2 atom stereocenters. The van der Waals surface area contributed by atoms with Crippen molar-refractivity contribution in [3.63, 3.8) is 0 Å². The monoisotopic (exact) mass is 618 g/mol. The van der Waals surface area contributed by atoms with Crippen LogP contribution in [0.5, 0.6) is 0 Å². The first kappa shape index (κ1) is 30.9. The number of nitriles is 1. The van der Waals surface area contributed by atoms with Gasteiger partial charge in [0.2, 0.25) is 0 Å². The minimum Gasteiger partial charge on any atom is -0.480 e. The number of fused-ring (bicyclic) bond motifs is 1. The molecule has 226 valence electrons. The Labute approximate surface area is 257 Å². The molecule has 1 saturated heterocycles. The van der Waals surface area contributed by atoms with Crippen LogP contribution in [0, 0.1) is 28.9 Å². The number of nitrogens with zero attached hydrogens (tertiary/aromatic N) is 3. The van der Waals surface area contributed by atoms with Gasteiger partial charge in [-0.2, -0.15) is 5.26 Å². The highest BCUT2D eigenvalue weighted by Gasteiger charge is 2.30. The summed E-state index contributed by atoms with van der Waals surface area (Å²) in [6, 6.07) is 14.4. The minimum absolute atomic E-state index is 0.0951. The number of carbonyl (C=O) groups is 2. The van der Waals surface area contributed by atoms with E-state index in [4.69, 9.17) is 16.3 Å². The summed E-state index contributed by atoms with van der Waals surface area (Å²) in [5.74, 6) is -4.57. The number of anilines is 1. The van der Waals surface area contributed by atoms with Crippen LogP contribution < -0.4 is 10.2 Å². The summed E-state index contributed by atoms with van der Waals surface area (Å²) >= 11 is 6.45. The van der Waals surface area contributed by atoms with E-state index in [2.05, 4.69) is 10.3 Å². The molecule has 0 saturated carbocycles. The number of benzene rings is 3. The highest BCUT2D eigenvalue weighted by Crippen LogP contribution is 2.35. The van der Waals surface area contributed by atoms with E-state index in [1.165, 1.54) is 0 Å². The Morgan fingerprint density at radius 3 is 2.55 bits per heavy atom. The molecule has 1 aliphatic heterocycles. The highest BCUT2D eigenvalue weighted by molar-refractivity contribution is 6.33. The molecule has 0 aliphatic carbocycles. The Balaban J connectivity index is 1.42. The van der Waals surface area contributed by atoms with Gasteiger partial charge in [0.25, 0.3) is 5.91 Å². The first-order valence-corrected chi connectivity index (χ1v) is 14.4. The summed E-state index contributed by atoms with van der Waals surface area (Å²) in [7, 11) is 0. The van der Waals surface area contributed by atoms with Gasteiger partial charge in [-0.05, 0) is 41.8 Å². The predicted molar refractivity (Wildman–Crippen MR) is 163 cm³/mol. The van der Waals surface area contributed by atoms with Crippen molar-refractivity contribution < 1.29 is 28.2 Å². The van der Waals surface area contributed by atoms with Crippen LogP contribution >= 0.6 is 11.6 Å². The number of rotatable bonds is 8. The molecule has 0 spiro atoms. The van der Waals surface area contributed by atoms with Crippen molar-refractivity contribution in [2.75, 3.05) is 24.7 Å². The molecule has 2 heterocycles. The summed E-state index contributed by atoms with van der Waals surface area (Å²) in [6.07, 6.45) is 1.40. The number of carbonyl (C=O) groups excluding carboxylic acids is 1. The van der Waals surface area contributed by atoms with Crippen molar-refractivity contribution in [2.24, 2.45) is 5.92 Å². The molecule has 4 aromatic rings. The zero-order valence-electron chi connectivity index (χ0n) is 24.0. The van der Waals surface area contributed by atoms with Crippen molar-refractivity contribution in [1.29, 1.82) is 5.26 Å². The van der Waals surface area contributed by atoms with Crippen LogP contribution in [0.2, 0.25) is 5.02 Å². The van der Waals surface area contributed by atoms with Crippen LogP contribution in [0.15, 0.2) is 60.8 Å². The second-order valence-electron chi connectivity index (χ2n) is 10.9. The molecule has 1 aromatic heterocycles. The SMILES string of the molecule is CC(C)[C@H]1COCCN1c1cc(F)c(C(=O)N[C@@H](Cc2ccc(-c3ccc(C#N)cc3Cl)c3ncccc23)C(=O)O)c(F)c1. The summed E-state index contributed by atoms with van der Waals surface area (Å²) in [5.41, 5.74) is 2.20. The molecule has 2 N–H and O–H groups in total. The lowest BCUT2D eigenvalue weighted by atomic mass is 9.94. The normalized spacial score (nSPS) is 15.7. The third-order valence-corrected chi connectivity index (χ3v) is 8.11. The van der Waals surface area contributed by atoms with E-state index in [0.29, 0.717) is 57.9 Å². The number of pyridine rings is 1. The number of nitrogens with one attached hydrogen (secondary N) is 1. The van der Waals surface area contributed by atoms with Crippen molar-refractivity contribution in [1.82, 2.24) is 10.3 Å². The Morgan fingerprint density at radius 1 is 1.16 bits per heavy atom. The van der Waals surface area contributed by atoms with Crippen molar-refractivity contribution in [3.05, 3.63) is 94.1 Å². The van der Waals surface area contributed by atoms with Crippen molar-refractivity contribution in [2.45, 2.75) is 32.4 Å². The van der Waals surface area contributed by atoms with Crippen LogP contribution in [0.4, 0.5) is 14.5 Å². The first-order valence-electron chi connectivity index (χ1n) is 14.0. The van der Waals surface area contributed by atoms with E-state index in [-0.39, 0.29) is 24.1 Å². The molecule has 0 bridgehead atoms. The van der Waals surface area contributed by atoms with Gasteiger partial charge in [-0.15, -0.1) is 0 Å². The number of hydrogen-bond acceptors (Lipinski definition) is 6. The van der Waals surface area contributed by atoms with Gasteiger partial charge in [0.05, 0.1) is 36.4 Å². The van der Waals surface area contributed by atoms with Gasteiger partial charge in [-0.1, -0.05) is 49.7 Å². The summed E-state index contributed by atoms with van der Waals surface area (Å²) < 4.78 is 36.1. The van der Waals surface area contributed by atoms with E-state index >= 15 is 8.78 Å². The summed E-state index contributed by atoms with van der Waals surface area (Å²) in [6.45, 7) is 5.23. The lowest BCUT2D eigenvalue weighted by Gasteiger charge is -2.39. The number of carboxylic acid groups (broad SMARTS) is 1. The number of halogens is 3. The number of carboxylic acids is 1. The number of morpholine rings is 1. The quantitative estimate of drug-likeness (QED) is 0.249. The van der Waals surface area contributed by atoms with Crippen LogP contribution in [0.25, 0.3) is 22.0 Å². The van der Waals surface area contributed by atoms with Crippen LogP contribution in [0.1, 0.15) is 35.3 Å². The van der Waals surface area contributed by atoms with Gasteiger partial charge in [0, 0.05) is 46.4 Å². The fourth-order valence-corrected chi connectivity index (χ4v) is 5.80. The highest BCUT2D eigenvalue weighted by atomic mass is 35.5. The van der Waals surface area contributed by atoms with E-state index < -0.39 is 35.1 Å². The smallest absolute Gasteiger partial charge is 0.326 e. The molecule has 8 nitrogen and oxygen atoms in total. The molecule has 1 amide bonds. The van der Waals surface area contributed by atoms with Gasteiger partial charge in [-0.3, -0.25) is 9.78 Å². The van der Waals surface area contributed by atoms with Gasteiger partial charge >= 0.3 is 5.97 Å². The average molecular weight is 619 g/mol. The summed E-state index contributed by atoms with van der Waals surface area (Å²) in [4.78, 5) is 31.7. The topological polar surface area (TPSA) is 116 Å². The lowest BCUT2D eigenvalue weighted by molar-refractivity contribution is -0.139. The van der Waals surface area contributed by atoms with Gasteiger partial charge in [0.15, 0.2) is 0 Å². The minimum atomic E-state index is -1.50. The number of aliphatic carboxylic acids is 1. The second-order valence-corrected chi connectivity index (χ2v) is 11.3. The molecule has 3 aromatic carbocycles. The molecule has 5 rings (SSSR count). The third-order valence-electron chi connectivity index (χ3n) is 7.80. The Morgan fingerprint density at radius 2 is 1.89 bits per heavy atom. The number of hydrogen-bond donors (Lipinski definition) is 2. The van der Waals surface area contributed by atoms with Crippen LogP contribution in [0.3, 0.4) is 0 Å². The largest absolute Gasteiger partial charge is 0.480 e. The van der Waals surface area contributed by atoms with Crippen molar-refractivity contribution >= 4 is 40.1 Å². The predicted octanol–water partition coefficient (Wildman–Crippen LogP) is 5.99. The summed E-state index contributed by atoms with van der Waals surface area (Å²) in [5, 5.41) is 22.4. The number of ether oxygens (including phenoxy) is 1. The van der Waals surface area contributed by atoms with E-state index in [0.717, 1.165) is 12.1 Å². The fraction of sp³-hybridized carbons (Fsp3) is 0.273. The Kier molecular flexibility index (Phi) is 9.09. The average Bonchev–Trinajstić information content (AvgIpc) is 3.00. The Bertz CT molecular complexity index is 1770. The van der Waals surface area contributed by atoms with E-state index in [1.54, 1.807) is 48.7 Å². The molecule has 1 aliphatic rings. The molecule has 44 heavy (non-hydrogen) atoms.